The van der Waals surface area contributed by atoms with E-state index in [4.69, 9.17) is 4.74 Å². The van der Waals surface area contributed by atoms with E-state index in [2.05, 4.69) is 6.58 Å². The Labute approximate surface area is 144 Å². The molecule has 5 nitrogen and oxygen atoms in total. The number of carbonyl (C=O) groups is 1. The molecule has 0 aliphatic carbocycles. The fraction of sp³-hybridized carbons (Fsp3) is 0.421. The summed E-state index contributed by atoms with van der Waals surface area (Å²) >= 11 is 0. The van der Waals surface area contributed by atoms with Crippen molar-refractivity contribution in [2.24, 2.45) is 0 Å². The highest BCUT2D eigenvalue weighted by molar-refractivity contribution is 5.71. The number of amides is 1. The van der Waals surface area contributed by atoms with Crippen molar-refractivity contribution in [1.82, 2.24) is 5.01 Å². The van der Waals surface area contributed by atoms with Crippen molar-refractivity contribution in [2.45, 2.75) is 45.8 Å². The smallest absolute Gasteiger partial charge is 0.429 e. The first kappa shape index (κ1) is 19.5. The van der Waals surface area contributed by atoms with Gasteiger partial charge in [0.05, 0.1) is 18.3 Å². The van der Waals surface area contributed by atoms with Crippen LogP contribution in [0.5, 0.6) is 0 Å². The highest BCUT2D eigenvalue weighted by atomic mass is 16.6. The number of nitrogens with zero attached hydrogens (tertiary/aromatic N) is 2. The zero-order valence-electron chi connectivity index (χ0n) is 14.9. The largest absolute Gasteiger partial charge is 0.442 e. The Hall–Kier alpha value is -2.52. The van der Waals surface area contributed by atoms with E-state index in [-0.39, 0.29) is 6.04 Å². The van der Waals surface area contributed by atoms with Gasteiger partial charge in [-0.05, 0) is 46.2 Å². The number of hydrazine groups is 1. The molecule has 130 valence electrons. The topological polar surface area (TPSA) is 49.9 Å². The van der Waals surface area contributed by atoms with Crippen molar-refractivity contribution in [2.75, 3.05) is 11.6 Å². The molecule has 1 aromatic rings. The van der Waals surface area contributed by atoms with E-state index in [1.165, 1.54) is 11.1 Å². The van der Waals surface area contributed by atoms with Crippen molar-refractivity contribution < 1.29 is 14.3 Å². The van der Waals surface area contributed by atoms with Gasteiger partial charge in [0.1, 0.15) is 11.5 Å². The molecule has 0 bridgehead atoms. The Morgan fingerprint density at radius 1 is 1.33 bits per heavy atom. The standard InChI is InChI=1S/C19H26N2O3/c1-6-14-20(17-12-8-7-9-13-17)21(16(2)11-10-15-22)18(23)24-19(3,4)5/h6-10,12-13,16H,1,11,14H2,2-5H3/t16-/m0/s1. The Morgan fingerprint density at radius 3 is 2.46 bits per heavy atom. The molecular weight excluding hydrogens is 304 g/mol. The number of benzene rings is 1. The van der Waals surface area contributed by atoms with Crippen LogP contribution >= 0.6 is 0 Å². The van der Waals surface area contributed by atoms with Crippen LogP contribution in [0.3, 0.4) is 0 Å². The van der Waals surface area contributed by atoms with Gasteiger partial charge >= 0.3 is 6.09 Å². The number of para-hydroxylation sites is 1. The zero-order valence-corrected chi connectivity index (χ0v) is 14.9. The number of carbonyl (C=O) groups excluding carboxylic acids is 2. The normalized spacial score (nSPS) is 11.8. The molecule has 1 rings (SSSR count). The minimum atomic E-state index is -0.619. The van der Waals surface area contributed by atoms with E-state index >= 15 is 0 Å². The van der Waals surface area contributed by atoms with Crippen molar-refractivity contribution >= 4 is 17.7 Å². The summed E-state index contributed by atoms with van der Waals surface area (Å²) in [5.41, 5.74) is 0.219. The second-order valence-corrected chi connectivity index (χ2v) is 6.44. The lowest BCUT2D eigenvalue weighted by Gasteiger charge is -2.40. The van der Waals surface area contributed by atoms with E-state index in [1.54, 1.807) is 17.0 Å². The van der Waals surface area contributed by atoms with Gasteiger partial charge in [-0.2, -0.15) is 0 Å². The SMILES string of the molecule is C=CCN(c1ccccc1)N(C(=O)OC(C)(C)C)[C@@H](C)CC=C=O. The number of rotatable bonds is 7. The van der Waals surface area contributed by atoms with Crippen LogP contribution in [0.1, 0.15) is 34.1 Å². The van der Waals surface area contributed by atoms with Gasteiger partial charge < -0.3 is 4.74 Å². The minimum Gasteiger partial charge on any atom is -0.442 e. The van der Waals surface area contributed by atoms with Gasteiger partial charge in [-0.15, -0.1) is 6.58 Å². The molecule has 5 heteroatoms. The van der Waals surface area contributed by atoms with Crippen LogP contribution in [0.2, 0.25) is 0 Å². The first-order chi connectivity index (χ1) is 11.3. The van der Waals surface area contributed by atoms with Crippen LogP contribution in [0, 0.1) is 0 Å². The highest BCUT2D eigenvalue weighted by Crippen LogP contribution is 2.22. The summed E-state index contributed by atoms with van der Waals surface area (Å²) in [6.07, 6.45) is 3.00. The quantitative estimate of drug-likeness (QED) is 0.431. The molecular formula is C19H26N2O3. The molecule has 1 aromatic carbocycles. The Bertz CT molecular complexity index is 586. The molecule has 0 aliphatic heterocycles. The van der Waals surface area contributed by atoms with Gasteiger partial charge in [0.25, 0.3) is 0 Å². The predicted octanol–water partition coefficient (Wildman–Crippen LogP) is 4.00. The third kappa shape index (κ3) is 5.94. The first-order valence-corrected chi connectivity index (χ1v) is 7.95. The summed E-state index contributed by atoms with van der Waals surface area (Å²) in [6.45, 7) is 11.5. The molecule has 0 heterocycles. The monoisotopic (exact) mass is 330 g/mol. The average Bonchev–Trinajstić information content (AvgIpc) is 2.51. The molecule has 0 fully saturated rings. The van der Waals surface area contributed by atoms with Crippen LogP contribution in [0.4, 0.5) is 10.5 Å². The summed E-state index contributed by atoms with van der Waals surface area (Å²) in [5.74, 6) is 1.76. The summed E-state index contributed by atoms with van der Waals surface area (Å²) in [5, 5.41) is 3.32. The first-order valence-electron chi connectivity index (χ1n) is 7.95. The number of hydrogen-bond donors (Lipinski definition) is 0. The maximum Gasteiger partial charge on any atom is 0.429 e. The van der Waals surface area contributed by atoms with Crippen LogP contribution < -0.4 is 5.01 Å². The molecule has 0 aliphatic rings. The third-order valence-electron chi connectivity index (χ3n) is 3.16. The predicted molar refractivity (Wildman–Crippen MR) is 96.4 cm³/mol. The molecule has 0 saturated heterocycles. The van der Waals surface area contributed by atoms with Crippen molar-refractivity contribution in [3.8, 4) is 0 Å². The summed E-state index contributed by atoms with van der Waals surface area (Å²) in [6, 6.07) is 9.24. The highest BCUT2D eigenvalue weighted by Gasteiger charge is 2.30. The van der Waals surface area contributed by atoms with Crippen molar-refractivity contribution in [3.05, 3.63) is 49.1 Å². The summed E-state index contributed by atoms with van der Waals surface area (Å²) in [4.78, 5) is 23.3. The number of anilines is 1. The van der Waals surface area contributed by atoms with Gasteiger partial charge in [0.2, 0.25) is 0 Å². The van der Waals surface area contributed by atoms with Crippen LogP contribution in [0.25, 0.3) is 0 Å². The fourth-order valence-electron chi connectivity index (χ4n) is 2.18. The second-order valence-electron chi connectivity index (χ2n) is 6.44. The fourth-order valence-corrected chi connectivity index (χ4v) is 2.18. The molecule has 1 atom stereocenters. The third-order valence-corrected chi connectivity index (χ3v) is 3.16. The van der Waals surface area contributed by atoms with E-state index in [0.717, 1.165) is 5.69 Å². The van der Waals surface area contributed by atoms with E-state index < -0.39 is 11.7 Å². The minimum absolute atomic E-state index is 0.276. The average molecular weight is 330 g/mol. The Balaban J connectivity index is 3.22. The lowest BCUT2D eigenvalue weighted by molar-refractivity contribution is 0.0154. The van der Waals surface area contributed by atoms with Gasteiger partial charge in [-0.1, -0.05) is 24.3 Å². The summed E-state index contributed by atoms with van der Waals surface area (Å²) < 4.78 is 5.55. The molecule has 24 heavy (non-hydrogen) atoms. The molecule has 0 N–H and O–H groups in total. The van der Waals surface area contributed by atoms with Gasteiger partial charge in [-0.3, -0.25) is 5.01 Å². The van der Waals surface area contributed by atoms with Crippen LogP contribution in [-0.4, -0.2) is 35.2 Å². The molecule has 1 amide bonds. The van der Waals surface area contributed by atoms with E-state index in [1.807, 2.05) is 58.0 Å². The number of ether oxygens (including phenoxy) is 1. The molecule has 0 aromatic heterocycles. The molecule has 0 spiro atoms. The molecule has 0 saturated carbocycles. The Morgan fingerprint density at radius 2 is 1.96 bits per heavy atom. The van der Waals surface area contributed by atoms with Crippen molar-refractivity contribution in [3.63, 3.8) is 0 Å². The van der Waals surface area contributed by atoms with E-state index in [0.29, 0.717) is 13.0 Å². The van der Waals surface area contributed by atoms with Crippen LogP contribution in [0.15, 0.2) is 49.1 Å². The lowest BCUT2D eigenvalue weighted by Crippen LogP contribution is -2.53. The molecule has 0 radical (unpaired) electrons. The van der Waals surface area contributed by atoms with E-state index in [9.17, 15) is 9.59 Å². The lowest BCUT2D eigenvalue weighted by atomic mass is 10.2. The Kier molecular flexibility index (Phi) is 7.28. The number of hydrogen-bond acceptors (Lipinski definition) is 4. The summed E-state index contributed by atoms with van der Waals surface area (Å²) in [7, 11) is 0. The van der Waals surface area contributed by atoms with Gasteiger partial charge in [0.15, 0.2) is 0 Å². The van der Waals surface area contributed by atoms with Gasteiger partial charge in [0, 0.05) is 6.08 Å². The van der Waals surface area contributed by atoms with Crippen molar-refractivity contribution in [1.29, 1.82) is 0 Å². The maximum atomic E-state index is 12.8. The van der Waals surface area contributed by atoms with Crippen LogP contribution in [-0.2, 0) is 9.53 Å². The molecule has 0 unspecified atom stereocenters. The van der Waals surface area contributed by atoms with Gasteiger partial charge in [-0.25, -0.2) is 14.6 Å². The maximum absolute atomic E-state index is 12.8. The zero-order chi connectivity index (χ0) is 18.2. The second kappa shape index (κ2) is 8.94.